The van der Waals surface area contributed by atoms with E-state index in [9.17, 15) is 4.79 Å². The number of hydrogen-bond donors (Lipinski definition) is 0. The summed E-state index contributed by atoms with van der Waals surface area (Å²) >= 11 is 0. The zero-order valence-corrected chi connectivity index (χ0v) is 10.8. The molecule has 0 amide bonds. The largest absolute Gasteiger partial charge is 0.459 e. The summed E-state index contributed by atoms with van der Waals surface area (Å²) < 4.78 is 5.22. The SMILES string of the molecule is O=C(CCC1CCCCC1)OCc1ccccn1. The molecular formula is C15H21NO2. The predicted octanol–water partition coefficient (Wildman–Crippen LogP) is 3.49. The first kappa shape index (κ1) is 13.1. The van der Waals surface area contributed by atoms with Crippen LogP contribution in [0.15, 0.2) is 24.4 Å². The minimum atomic E-state index is -0.0915. The number of rotatable bonds is 5. The van der Waals surface area contributed by atoms with Gasteiger partial charge < -0.3 is 4.74 Å². The maximum Gasteiger partial charge on any atom is 0.306 e. The Bertz CT molecular complexity index is 358. The van der Waals surface area contributed by atoms with Gasteiger partial charge in [-0.3, -0.25) is 9.78 Å². The Balaban J connectivity index is 1.63. The van der Waals surface area contributed by atoms with Gasteiger partial charge in [0.05, 0.1) is 5.69 Å². The lowest BCUT2D eigenvalue weighted by atomic mass is 9.86. The van der Waals surface area contributed by atoms with Gasteiger partial charge in [-0.1, -0.05) is 38.2 Å². The summed E-state index contributed by atoms with van der Waals surface area (Å²) in [5.41, 5.74) is 0.809. The van der Waals surface area contributed by atoms with Crippen molar-refractivity contribution in [3.8, 4) is 0 Å². The molecule has 1 aromatic heterocycles. The van der Waals surface area contributed by atoms with Gasteiger partial charge in [0, 0.05) is 12.6 Å². The Hall–Kier alpha value is -1.38. The van der Waals surface area contributed by atoms with Gasteiger partial charge in [-0.15, -0.1) is 0 Å². The first-order chi connectivity index (χ1) is 8.84. The molecule has 0 aliphatic heterocycles. The molecule has 1 fully saturated rings. The Labute approximate surface area is 109 Å². The zero-order valence-electron chi connectivity index (χ0n) is 10.8. The highest BCUT2D eigenvalue weighted by Gasteiger charge is 2.15. The fourth-order valence-corrected chi connectivity index (χ4v) is 2.51. The first-order valence-electron chi connectivity index (χ1n) is 6.90. The highest BCUT2D eigenvalue weighted by atomic mass is 16.5. The summed E-state index contributed by atoms with van der Waals surface area (Å²) in [6.07, 6.45) is 9.84. The molecular weight excluding hydrogens is 226 g/mol. The van der Waals surface area contributed by atoms with Crippen LogP contribution in [-0.4, -0.2) is 11.0 Å². The molecule has 3 heteroatoms. The highest BCUT2D eigenvalue weighted by Crippen LogP contribution is 2.27. The first-order valence-corrected chi connectivity index (χ1v) is 6.90. The van der Waals surface area contributed by atoms with Gasteiger partial charge in [0.25, 0.3) is 0 Å². The summed E-state index contributed by atoms with van der Waals surface area (Å²) in [4.78, 5) is 15.7. The Morgan fingerprint density at radius 1 is 1.28 bits per heavy atom. The quantitative estimate of drug-likeness (QED) is 0.748. The number of pyridine rings is 1. The smallest absolute Gasteiger partial charge is 0.306 e. The van der Waals surface area contributed by atoms with Gasteiger partial charge in [0.2, 0.25) is 0 Å². The van der Waals surface area contributed by atoms with E-state index in [2.05, 4.69) is 4.98 Å². The van der Waals surface area contributed by atoms with Crippen molar-refractivity contribution >= 4 is 5.97 Å². The maximum atomic E-state index is 11.6. The van der Waals surface area contributed by atoms with Gasteiger partial charge in [0.1, 0.15) is 6.61 Å². The highest BCUT2D eigenvalue weighted by molar-refractivity contribution is 5.69. The topological polar surface area (TPSA) is 39.2 Å². The monoisotopic (exact) mass is 247 g/mol. The second-order valence-corrected chi connectivity index (χ2v) is 5.02. The van der Waals surface area contributed by atoms with Gasteiger partial charge in [-0.2, -0.15) is 0 Å². The van der Waals surface area contributed by atoms with Crippen molar-refractivity contribution in [2.45, 2.75) is 51.6 Å². The predicted molar refractivity (Wildman–Crippen MR) is 69.8 cm³/mol. The maximum absolute atomic E-state index is 11.6. The van der Waals surface area contributed by atoms with E-state index >= 15 is 0 Å². The van der Waals surface area contributed by atoms with Crippen LogP contribution in [0.3, 0.4) is 0 Å². The lowest BCUT2D eigenvalue weighted by molar-refractivity contribution is -0.145. The molecule has 0 atom stereocenters. The third-order valence-corrected chi connectivity index (χ3v) is 3.59. The van der Waals surface area contributed by atoms with Gasteiger partial charge in [-0.05, 0) is 24.5 Å². The molecule has 0 bridgehead atoms. The van der Waals surface area contributed by atoms with Crippen LogP contribution < -0.4 is 0 Å². The van der Waals surface area contributed by atoms with E-state index in [4.69, 9.17) is 4.74 Å². The van der Waals surface area contributed by atoms with Crippen molar-refractivity contribution < 1.29 is 9.53 Å². The van der Waals surface area contributed by atoms with E-state index in [-0.39, 0.29) is 5.97 Å². The van der Waals surface area contributed by atoms with E-state index in [1.54, 1.807) is 6.20 Å². The van der Waals surface area contributed by atoms with Crippen LogP contribution in [0.1, 0.15) is 50.6 Å². The molecule has 1 aliphatic rings. The second-order valence-electron chi connectivity index (χ2n) is 5.02. The van der Waals surface area contributed by atoms with Crippen LogP contribution in [0.4, 0.5) is 0 Å². The zero-order chi connectivity index (χ0) is 12.6. The molecule has 98 valence electrons. The average Bonchev–Trinajstić information content (AvgIpc) is 2.45. The number of ether oxygens (including phenoxy) is 1. The number of carbonyl (C=O) groups excluding carboxylic acids is 1. The molecule has 0 saturated heterocycles. The van der Waals surface area contributed by atoms with Crippen molar-refractivity contribution in [3.05, 3.63) is 30.1 Å². The van der Waals surface area contributed by atoms with Crippen molar-refractivity contribution in [2.75, 3.05) is 0 Å². The van der Waals surface area contributed by atoms with E-state index in [0.717, 1.165) is 18.0 Å². The number of carbonyl (C=O) groups is 1. The van der Waals surface area contributed by atoms with Crippen LogP contribution >= 0.6 is 0 Å². The van der Waals surface area contributed by atoms with Crippen molar-refractivity contribution in [2.24, 2.45) is 5.92 Å². The third kappa shape index (κ3) is 4.47. The fraction of sp³-hybridized carbons (Fsp3) is 0.600. The molecule has 18 heavy (non-hydrogen) atoms. The van der Waals surface area contributed by atoms with Gasteiger partial charge in [-0.25, -0.2) is 0 Å². The molecule has 0 unspecified atom stereocenters. The molecule has 0 N–H and O–H groups in total. The molecule has 1 saturated carbocycles. The molecule has 0 aromatic carbocycles. The number of esters is 1. The van der Waals surface area contributed by atoms with Crippen molar-refractivity contribution in [1.29, 1.82) is 0 Å². The van der Waals surface area contributed by atoms with E-state index in [0.29, 0.717) is 13.0 Å². The number of hydrogen-bond acceptors (Lipinski definition) is 3. The van der Waals surface area contributed by atoms with E-state index < -0.39 is 0 Å². The fourth-order valence-electron chi connectivity index (χ4n) is 2.51. The van der Waals surface area contributed by atoms with Crippen molar-refractivity contribution in [1.82, 2.24) is 4.98 Å². The standard InChI is InChI=1S/C15H21NO2/c17-15(10-9-13-6-2-1-3-7-13)18-12-14-8-4-5-11-16-14/h4-5,8,11,13H,1-3,6-7,9-10,12H2. The van der Waals surface area contributed by atoms with Gasteiger partial charge in [0.15, 0.2) is 0 Å². The lowest BCUT2D eigenvalue weighted by Crippen LogP contribution is -2.11. The lowest BCUT2D eigenvalue weighted by Gasteiger charge is -2.20. The molecule has 2 rings (SSSR count). The molecule has 0 radical (unpaired) electrons. The van der Waals surface area contributed by atoms with Crippen LogP contribution in [0, 0.1) is 5.92 Å². The van der Waals surface area contributed by atoms with Crippen LogP contribution in [0.25, 0.3) is 0 Å². The molecule has 1 heterocycles. The Kier molecular flexibility index (Phi) is 5.18. The van der Waals surface area contributed by atoms with Crippen molar-refractivity contribution in [3.63, 3.8) is 0 Å². The molecule has 1 aliphatic carbocycles. The summed E-state index contributed by atoms with van der Waals surface area (Å²) in [6.45, 7) is 0.296. The van der Waals surface area contributed by atoms with Crippen LogP contribution in [0.2, 0.25) is 0 Å². The molecule has 0 spiro atoms. The molecule has 3 nitrogen and oxygen atoms in total. The Morgan fingerprint density at radius 3 is 2.83 bits per heavy atom. The van der Waals surface area contributed by atoms with E-state index in [1.807, 2.05) is 18.2 Å². The normalized spacial score (nSPS) is 16.4. The van der Waals surface area contributed by atoms with E-state index in [1.165, 1.54) is 32.1 Å². The third-order valence-electron chi connectivity index (χ3n) is 3.59. The average molecular weight is 247 g/mol. The van der Waals surface area contributed by atoms with Gasteiger partial charge >= 0.3 is 5.97 Å². The Morgan fingerprint density at radius 2 is 2.11 bits per heavy atom. The summed E-state index contributed by atoms with van der Waals surface area (Å²) in [5.74, 6) is 0.646. The molecule has 1 aromatic rings. The number of aromatic nitrogens is 1. The second kappa shape index (κ2) is 7.14. The summed E-state index contributed by atoms with van der Waals surface area (Å²) in [5, 5.41) is 0. The van der Waals surface area contributed by atoms with Crippen LogP contribution in [-0.2, 0) is 16.1 Å². The summed E-state index contributed by atoms with van der Waals surface area (Å²) in [6, 6.07) is 5.63. The number of nitrogens with zero attached hydrogens (tertiary/aromatic N) is 1. The summed E-state index contributed by atoms with van der Waals surface area (Å²) in [7, 11) is 0. The minimum absolute atomic E-state index is 0.0915. The minimum Gasteiger partial charge on any atom is -0.459 e. The van der Waals surface area contributed by atoms with Crippen LogP contribution in [0.5, 0.6) is 0 Å².